The van der Waals surface area contributed by atoms with Crippen molar-refractivity contribution in [2.24, 2.45) is 0 Å². The van der Waals surface area contributed by atoms with Crippen LogP contribution < -0.4 is 20.9 Å². The summed E-state index contributed by atoms with van der Waals surface area (Å²) >= 11 is 0. The van der Waals surface area contributed by atoms with Gasteiger partial charge in [0.05, 0.1) is 25.5 Å². The molecule has 0 atom stereocenters. The van der Waals surface area contributed by atoms with Crippen molar-refractivity contribution in [2.45, 2.75) is 12.8 Å². The Labute approximate surface area is 182 Å². The van der Waals surface area contributed by atoms with E-state index < -0.39 is 0 Å². The Morgan fingerprint density at radius 3 is 2.32 bits per heavy atom. The van der Waals surface area contributed by atoms with Crippen LogP contribution in [0.15, 0.2) is 66.7 Å². The molecule has 3 aromatic rings. The number of carbonyl (C=O) groups excluding carboxylic acids is 2. The Balaban J connectivity index is 1.72. The molecule has 0 spiro atoms. The molecule has 0 saturated carbocycles. The quantitative estimate of drug-likeness (QED) is 0.573. The average molecular weight is 416 g/mol. The molecule has 6 heteroatoms. The van der Waals surface area contributed by atoms with Gasteiger partial charge in [-0.15, -0.1) is 0 Å². The normalized spacial score (nSPS) is 12.7. The molecule has 1 aliphatic rings. The maximum Gasteiger partial charge on any atom is 0.286 e. The van der Waals surface area contributed by atoms with E-state index in [1.54, 1.807) is 24.3 Å². The number of aryl methyl sites for hydroxylation is 2. The highest BCUT2D eigenvalue weighted by Crippen LogP contribution is 2.37. The van der Waals surface area contributed by atoms with E-state index in [2.05, 4.69) is 11.4 Å². The van der Waals surface area contributed by atoms with E-state index in [1.165, 1.54) is 0 Å². The molecule has 3 aromatic carbocycles. The molecule has 0 bridgehead atoms. The van der Waals surface area contributed by atoms with Crippen molar-refractivity contribution in [3.8, 4) is 0 Å². The number of nitrogens with zero attached hydrogens (tertiary/aromatic N) is 1. The number of amides is 2. The standard InChI is InChI=1S/C25H26N4O2/c1-28(2)16-24(30)29-22-6-4-3-5-17(22)7-8-18-11-14-21(15-23(18)29)27-25(31)19-9-12-20(26)13-10-19/h3-6,9-15H,7-8,16,26H2,1-2H3,(H,27,31)/p+1. The van der Waals surface area contributed by atoms with Crippen LogP contribution in [0.3, 0.4) is 0 Å². The van der Waals surface area contributed by atoms with Crippen LogP contribution in [0.5, 0.6) is 0 Å². The van der Waals surface area contributed by atoms with Crippen molar-refractivity contribution in [1.82, 2.24) is 0 Å². The summed E-state index contributed by atoms with van der Waals surface area (Å²) < 4.78 is 0. The lowest BCUT2D eigenvalue weighted by Gasteiger charge is -2.26. The number of anilines is 4. The number of carbonyl (C=O) groups is 2. The number of nitrogen functional groups attached to an aromatic ring is 1. The van der Waals surface area contributed by atoms with Gasteiger partial charge in [0.2, 0.25) is 0 Å². The second kappa shape index (κ2) is 8.62. The van der Waals surface area contributed by atoms with Gasteiger partial charge in [0.1, 0.15) is 0 Å². The first-order valence-electron chi connectivity index (χ1n) is 10.4. The van der Waals surface area contributed by atoms with Gasteiger partial charge in [-0.2, -0.15) is 0 Å². The number of likely N-dealkylation sites (N-methyl/N-ethyl adjacent to an activating group) is 1. The van der Waals surface area contributed by atoms with E-state index >= 15 is 0 Å². The maximum absolute atomic E-state index is 13.3. The Kier molecular flexibility index (Phi) is 5.73. The molecule has 2 amide bonds. The third kappa shape index (κ3) is 4.44. The average Bonchev–Trinajstić information content (AvgIpc) is 2.90. The predicted molar refractivity (Wildman–Crippen MR) is 124 cm³/mol. The van der Waals surface area contributed by atoms with Crippen molar-refractivity contribution >= 4 is 34.6 Å². The summed E-state index contributed by atoms with van der Waals surface area (Å²) in [6.45, 7) is 0.371. The molecule has 31 heavy (non-hydrogen) atoms. The maximum atomic E-state index is 13.3. The molecule has 0 saturated heterocycles. The summed E-state index contributed by atoms with van der Waals surface area (Å²) in [4.78, 5) is 28.8. The van der Waals surface area contributed by atoms with Crippen LogP contribution in [0.4, 0.5) is 22.7 Å². The number of fused-ring (bicyclic) bond motifs is 2. The van der Waals surface area contributed by atoms with E-state index in [4.69, 9.17) is 5.73 Å². The first kappa shape index (κ1) is 20.6. The fourth-order valence-electron chi connectivity index (χ4n) is 3.89. The third-order valence-corrected chi connectivity index (χ3v) is 5.41. The molecule has 0 fully saturated rings. The summed E-state index contributed by atoms with van der Waals surface area (Å²) in [5.74, 6) is -0.192. The zero-order valence-corrected chi connectivity index (χ0v) is 17.8. The highest BCUT2D eigenvalue weighted by Gasteiger charge is 2.27. The third-order valence-electron chi connectivity index (χ3n) is 5.41. The SMILES string of the molecule is C[NH+](C)CC(=O)N1c2ccccc2CCc2ccc(NC(=O)c3ccc(N)cc3)cc21. The first-order chi connectivity index (χ1) is 14.9. The minimum absolute atomic E-state index is 0.0256. The molecular formula is C25H27N4O2+. The van der Waals surface area contributed by atoms with Gasteiger partial charge in [0, 0.05) is 16.9 Å². The van der Waals surface area contributed by atoms with Crippen LogP contribution in [0.2, 0.25) is 0 Å². The number of hydrogen-bond acceptors (Lipinski definition) is 3. The first-order valence-corrected chi connectivity index (χ1v) is 10.4. The van der Waals surface area contributed by atoms with Gasteiger partial charge in [0.15, 0.2) is 6.54 Å². The highest BCUT2D eigenvalue weighted by atomic mass is 16.2. The number of hydrogen-bond donors (Lipinski definition) is 3. The molecule has 4 N–H and O–H groups in total. The van der Waals surface area contributed by atoms with Gasteiger partial charge in [-0.3, -0.25) is 14.5 Å². The molecule has 0 radical (unpaired) electrons. The van der Waals surface area contributed by atoms with Gasteiger partial charge < -0.3 is 16.0 Å². The molecule has 6 nitrogen and oxygen atoms in total. The van der Waals surface area contributed by atoms with Crippen LogP contribution in [0, 0.1) is 0 Å². The van der Waals surface area contributed by atoms with Gasteiger partial charge in [-0.1, -0.05) is 24.3 Å². The number of nitrogens with two attached hydrogens (primary N) is 1. The van der Waals surface area contributed by atoms with Crippen LogP contribution in [0.25, 0.3) is 0 Å². The number of para-hydroxylation sites is 1. The topological polar surface area (TPSA) is 79.9 Å². The Morgan fingerprint density at radius 1 is 0.935 bits per heavy atom. The molecule has 0 aromatic heterocycles. The zero-order chi connectivity index (χ0) is 22.0. The molecule has 1 heterocycles. The van der Waals surface area contributed by atoms with E-state index in [9.17, 15) is 9.59 Å². The van der Waals surface area contributed by atoms with Crippen molar-refractivity contribution < 1.29 is 14.5 Å². The summed E-state index contributed by atoms with van der Waals surface area (Å²) in [5, 5.41) is 2.95. The number of nitrogens with one attached hydrogen (secondary N) is 2. The number of rotatable bonds is 4. The van der Waals surface area contributed by atoms with Crippen LogP contribution in [-0.2, 0) is 17.6 Å². The van der Waals surface area contributed by atoms with Crippen LogP contribution >= 0.6 is 0 Å². The molecular weight excluding hydrogens is 388 g/mol. The molecule has 0 unspecified atom stereocenters. The predicted octanol–water partition coefficient (Wildman–Crippen LogP) is 2.43. The smallest absolute Gasteiger partial charge is 0.286 e. The highest BCUT2D eigenvalue weighted by molar-refractivity contribution is 6.06. The lowest BCUT2D eigenvalue weighted by Crippen LogP contribution is -3.07. The zero-order valence-electron chi connectivity index (χ0n) is 17.8. The van der Waals surface area contributed by atoms with Crippen LogP contribution in [-0.4, -0.2) is 32.5 Å². The van der Waals surface area contributed by atoms with Crippen molar-refractivity contribution in [2.75, 3.05) is 36.6 Å². The Bertz CT molecular complexity index is 1120. The van der Waals surface area contributed by atoms with Crippen molar-refractivity contribution in [3.63, 3.8) is 0 Å². The Morgan fingerprint density at radius 2 is 1.61 bits per heavy atom. The number of benzene rings is 3. The summed E-state index contributed by atoms with van der Waals surface area (Å²) in [6.07, 6.45) is 1.69. The molecule has 0 aliphatic carbocycles. The fraction of sp³-hybridized carbons (Fsp3) is 0.200. The monoisotopic (exact) mass is 415 g/mol. The molecule has 4 rings (SSSR count). The van der Waals surface area contributed by atoms with Crippen molar-refractivity contribution in [3.05, 3.63) is 83.4 Å². The van der Waals surface area contributed by atoms with E-state index in [0.717, 1.165) is 40.2 Å². The van der Waals surface area contributed by atoms with Gasteiger partial charge in [-0.05, 0) is 66.4 Å². The van der Waals surface area contributed by atoms with E-state index in [-0.39, 0.29) is 11.8 Å². The van der Waals surface area contributed by atoms with Gasteiger partial charge in [0.25, 0.3) is 11.8 Å². The Hall–Kier alpha value is -3.64. The minimum atomic E-state index is -0.218. The number of quaternary nitrogens is 1. The van der Waals surface area contributed by atoms with E-state index in [0.29, 0.717) is 23.5 Å². The van der Waals surface area contributed by atoms with Gasteiger partial charge in [-0.25, -0.2) is 0 Å². The lowest BCUT2D eigenvalue weighted by molar-refractivity contribution is -0.849. The van der Waals surface area contributed by atoms with E-state index in [1.807, 2.05) is 55.4 Å². The lowest BCUT2D eigenvalue weighted by atomic mass is 10.0. The molecule has 1 aliphatic heterocycles. The van der Waals surface area contributed by atoms with Crippen LogP contribution in [0.1, 0.15) is 21.5 Å². The van der Waals surface area contributed by atoms with Gasteiger partial charge >= 0.3 is 0 Å². The largest absolute Gasteiger partial charge is 0.399 e. The summed E-state index contributed by atoms with van der Waals surface area (Å²) in [6, 6.07) is 20.6. The minimum Gasteiger partial charge on any atom is -0.399 e. The summed E-state index contributed by atoms with van der Waals surface area (Å²) in [5.41, 5.74) is 11.5. The summed E-state index contributed by atoms with van der Waals surface area (Å²) in [7, 11) is 3.93. The molecule has 158 valence electrons. The van der Waals surface area contributed by atoms with Crippen molar-refractivity contribution in [1.29, 1.82) is 0 Å². The second-order valence-corrected chi connectivity index (χ2v) is 8.16. The fourth-order valence-corrected chi connectivity index (χ4v) is 3.89. The second-order valence-electron chi connectivity index (χ2n) is 8.16.